The van der Waals surface area contributed by atoms with Crippen LogP contribution in [0.1, 0.15) is 24.5 Å². The maximum atomic E-state index is 11.7. The normalized spacial score (nSPS) is 37.2. The Kier molecular flexibility index (Phi) is 3.06. The van der Waals surface area contributed by atoms with Gasteiger partial charge in [-0.3, -0.25) is 4.79 Å². The summed E-state index contributed by atoms with van der Waals surface area (Å²) in [6, 6.07) is 4.55. The first-order chi connectivity index (χ1) is 12.1. The fourth-order valence-corrected chi connectivity index (χ4v) is 5.74. The Balaban J connectivity index is 1.75. The highest BCUT2D eigenvalue weighted by Crippen LogP contribution is 2.62. The monoisotopic (exact) mass is 341 g/mol. The van der Waals surface area contributed by atoms with Crippen molar-refractivity contribution in [3.8, 4) is 11.5 Å². The molecule has 0 radical (unpaired) electrons. The van der Waals surface area contributed by atoms with Gasteiger partial charge in [0.2, 0.25) is 0 Å². The first-order valence-electron chi connectivity index (χ1n) is 8.99. The van der Waals surface area contributed by atoms with Crippen LogP contribution in [0.25, 0.3) is 0 Å². The second-order valence-corrected chi connectivity index (χ2v) is 7.70. The van der Waals surface area contributed by atoms with Crippen LogP contribution >= 0.6 is 0 Å². The summed E-state index contributed by atoms with van der Waals surface area (Å²) in [6.07, 6.45) is 5.88. The molecule has 132 valence electrons. The van der Waals surface area contributed by atoms with Crippen LogP contribution in [0.5, 0.6) is 11.5 Å². The Morgan fingerprint density at radius 1 is 1.36 bits per heavy atom. The fraction of sp³-hybridized carbons (Fsp3) is 0.550. The molecular formula is C20H23NO4. The number of methoxy groups -OCH3 is 1. The molecule has 2 aliphatic carbocycles. The van der Waals surface area contributed by atoms with Crippen LogP contribution in [0.15, 0.2) is 24.3 Å². The van der Waals surface area contributed by atoms with Gasteiger partial charge in [-0.25, -0.2) is 0 Å². The number of rotatable bonds is 2. The average molecular weight is 341 g/mol. The van der Waals surface area contributed by atoms with E-state index in [1.54, 1.807) is 7.11 Å². The van der Waals surface area contributed by atoms with E-state index in [0.717, 1.165) is 30.9 Å². The fourth-order valence-electron chi connectivity index (χ4n) is 5.74. The van der Waals surface area contributed by atoms with Crippen LogP contribution in [-0.2, 0) is 21.4 Å². The van der Waals surface area contributed by atoms with Crippen molar-refractivity contribution in [1.29, 1.82) is 0 Å². The molecular weight excluding hydrogens is 318 g/mol. The number of likely N-dealkylation sites (tertiary alicyclic amines) is 1. The summed E-state index contributed by atoms with van der Waals surface area (Å²) in [5, 5.41) is 0. The summed E-state index contributed by atoms with van der Waals surface area (Å²) in [7, 11) is 3.87. The summed E-state index contributed by atoms with van der Waals surface area (Å²) < 4.78 is 17.7. The van der Waals surface area contributed by atoms with Crippen molar-refractivity contribution >= 4 is 5.97 Å². The number of benzene rings is 1. The number of hydrogen-bond donors (Lipinski definition) is 0. The van der Waals surface area contributed by atoms with Gasteiger partial charge in [-0.05, 0) is 50.2 Å². The van der Waals surface area contributed by atoms with E-state index in [1.165, 1.54) is 18.1 Å². The Bertz CT molecular complexity index is 788. The molecule has 5 rings (SSSR count). The quantitative estimate of drug-likeness (QED) is 0.609. The molecule has 0 N–H and O–H groups in total. The zero-order chi connectivity index (χ0) is 17.3. The molecule has 4 aliphatic rings. The smallest absolute Gasteiger partial charge is 0.303 e. The molecule has 1 aromatic rings. The number of carbonyl (C=O) groups is 1. The van der Waals surface area contributed by atoms with Gasteiger partial charge in [0.25, 0.3) is 0 Å². The maximum Gasteiger partial charge on any atom is 0.303 e. The molecule has 25 heavy (non-hydrogen) atoms. The second kappa shape index (κ2) is 5.01. The third kappa shape index (κ3) is 1.79. The van der Waals surface area contributed by atoms with Gasteiger partial charge in [0.05, 0.1) is 7.11 Å². The van der Waals surface area contributed by atoms with Gasteiger partial charge < -0.3 is 19.1 Å². The highest BCUT2D eigenvalue weighted by molar-refractivity contribution is 5.67. The number of ether oxygens (including phenoxy) is 3. The summed E-state index contributed by atoms with van der Waals surface area (Å²) in [6.45, 7) is 2.52. The largest absolute Gasteiger partial charge is 0.493 e. The van der Waals surface area contributed by atoms with Gasteiger partial charge in [-0.1, -0.05) is 6.07 Å². The number of piperidine rings is 1. The lowest BCUT2D eigenvalue weighted by atomic mass is 9.52. The number of nitrogens with zero attached hydrogens (tertiary/aromatic N) is 1. The van der Waals surface area contributed by atoms with Crippen LogP contribution in [0.4, 0.5) is 0 Å². The van der Waals surface area contributed by atoms with E-state index in [2.05, 4.69) is 24.1 Å². The van der Waals surface area contributed by atoms with E-state index in [4.69, 9.17) is 14.2 Å². The Morgan fingerprint density at radius 2 is 2.20 bits per heavy atom. The topological polar surface area (TPSA) is 48.0 Å². The van der Waals surface area contributed by atoms with Crippen LogP contribution in [-0.4, -0.2) is 49.8 Å². The second-order valence-electron chi connectivity index (χ2n) is 7.70. The molecule has 5 heteroatoms. The molecule has 0 unspecified atom stereocenters. The van der Waals surface area contributed by atoms with Crippen molar-refractivity contribution in [3.63, 3.8) is 0 Å². The number of likely N-dealkylation sites (N-methyl/N-ethyl adjacent to an activating group) is 1. The van der Waals surface area contributed by atoms with Crippen molar-refractivity contribution in [2.45, 2.75) is 43.4 Å². The van der Waals surface area contributed by atoms with Crippen LogP contribution < -0.4 is 9.47 Å². The van der Waals surface area contributed by atoms with Gasteiger partial charge in [0.15, 0.2) is 11.5 Å². The van der Waals surface area contributed by atoms with E-state index < -0.39 is 0 Å². The summed E-state index contributed by atoms with van der Waals surface area (Å²) in [5.41, 5.74) is 2.53. The summed E-state index contributed by atoms with van der Waals surface area (Å²) >= 11 is 0. The predicted molar refractivity (Wildman–Crippen MR) is 92.0 cm³/mol. The van der Waals surface area contributed by atoms with Crippen molar-refractivity contribution in [1.82, 2.24) is 4.90 Å². The van der Waals surface area contributed by atoms with Crippen molar-refractivity contribution in [3.05, 3.63) is 35.4 Å². The molecule has 1 aromatic carbocycles. The lowest BCUT2D eigenvalue weighted by molar-refractivity contribution is -0.153. The standard InChI is InChI=1S/C20H23NO4/c1-11(22)24-14-6-7-16-20-8-9-21(2)13(18(14)20)10-12-4-5-15(23-3)19(25-16)17(12)20/h4-7,13-14,16,18H,8-10H2,1-3H3/t13-,14+,16+,18-,20-/m1/s1. The third-order valence-electron chi connectivity index (χ3n) is 6.66. The lowest BCUT2D eigenvalue weighted by Crippen LogP contribution is -2.66. The predicted octanol–water partition coefficient (Wildman–Crippen LogP) is 2.07. The van der Waals surface area contributed by atoms with Gasteiger partial charge in [0, 0.05) is 29.9 Å². The minimum Gasteiger partial charge on any atom is -0.493 e. The third-order valence-corrected chi connectivity index (χ3v) is 6.66. The average Bonchev–Trinajstić information content (AvgIpc) is 2.92. The van der Waals surface area contributed by atoms with E-state index in [0.29, 0.717) is 6.04 Å². The molecule has 2 bridgehead atoms. The van der Waals surface area contributed by atoms with Crippen molar-refractivity contribution < 1.29 is 19.0 Å². The SMILES string of the molecule is COc1ccc2c3c1O[C@H]1C=C[C@H](OC(C)=O)[C@H]4[C@@H](C2)N(C)CC[C@@]341. The highest BCUT2D eigenvalue weighted by atomic mass is 16.5. The first kappa shape index (κ1) is 15.3. The van der Waals surface area contributed by atoms with Gasteiger partial charge in [0.1, 0.15) is 12.2 Å². The maximum absolute atomic E-state index is 11.7. The van der Waals surface area contributed by atoms with Gasteiger partial charge in [-0.2, -0.15) is 0 Å². The van der Waals surface area contributed by atoms with Gasteiger partial charge >= 0.3 is 5.97 Å². The lowest BCUT2D eigenvalue weighted by Gasteiger charge is -2.57. The van der Waals surface area contributed by atoms with Crippen LogP contribution in [0.2, 0.25) is 0 Å². The van der Waals surface area contributed by atoms with Gasteiger partial charge in [-0.15, -0.1) is 0 Å². The molecule has 5 atom stereocenters. The van der Waals surface area contributed by atoms with E-state index in [9.17, 15) is 4.79 Å². The molecule has 0 amide bonds. The molecule has 2 aliphatic heterocycles. The number of esters is 1. The molecule has 1 fully saturated rings. The molecule has 2 heterocycles. The highest BCUT2D eigenvalue weighted by Gasteiger charge is 2.65. The molecule has 1 saturated heterocycles. The minimum absolute atomic E-state index is 0.00846. The molecule has 1 spiro atoms. The Labute approximate surface area is 147 Å². The molecule has 0 saturated carbocycles. The van der Waals surface area contributed by atoms with Crippen molar-refractivity contribution in [2.24, 2.45) is 5.92 Å². The Hall–Kier alpha value is -2.01. The number of hydrogen-bond acceptors (Lipinski definition) is 5. The van der Waals surface area contributed by atoms with Crippen LogP contribution in [0.3, 0.4) is 0 Å². The first-order valence-corrected chi connectivity index (χ1v) is 8.99. The Morgan fingerprint density at radius 3 is 2.96 bits per heavy atom. The summed E-state index contributed by atoms with van der Waals surface area (Å²) in [4.78, 5) is 14.1. The molecule has 5 nitrogen and oxygen atoms in total. The zero-order valence-corrected chi connectivity index (χ0v) is 14.8. The van der Waals surface area contributed by atoms with E-state index >= 15 is 0 Å². The molecule has 0 aromatic heterocycles. The zero-order valence-electron chi connectivity index (χ0n) is 14.8. The van der Waals surface area contributed by atoms with Crippen molar-refractivity contribution in [2.75, 3.05) is 20.7 Å². The van der Waals surface area contributed by atoms with E-state index in [-0.39, 0.29) is 29.5 Å². The summed E-state index contributed by atoms with van der Waals surface area (Å²) in [5.74, 6) is 1.69. The van der Waals surface area contributed by atoms with Crippen LogP contribution in [0, 0.1) is 5.92 Å². The van der Waals surface area contributed by atoms with E-state index in [1.807, 2.05) is 12.1 Å². The number of carbonyl (C=O) groups excluding carboxylic acids is 1. The minimum atomic E-state index is -0.221.